The molecule has 1 aliphatic heterocycles. The molecule has 0 bridgehead atoms. The van der Waals surface area contributed by atoms with Gasteiger partial charge in [-0.25, -0.2) is 0 Å². The van der Waals surface area contributed by atoms with E-state index < -0.39 is 0 Å². The van der Waals surface area contributed by atoms with Gasteiger partial charge in [-0.1, -0.05) is 0 Å². The fraction of sp³-hybridized carbons (Fsp3) is 0.714. The molecule has 0 amide bonds. The standard InChI is InChI=1S/C14H24N2OS/c1-10-7-16(8-11(2)17-10)9-13-5-14(6-15-4)18-12(13)3/h5,10-11,15H,6-9H2,1-4H3. The molecule has 1 aromatic heterocycles. The Kier molecular flexibility index (Phi) is 4.78. The van der Waals surface area contributed by atoms with E-state index in [1.807, 2.05) is 18.4 Å². The lowest BCUT2D eigenvalue weighted by Gasteiger charge is -2.35. The maximum Gasteiger partial charge on any atom is 0.0678 e. The number of nitrogens with zero attached hydrogens (tertiary/aromatic N) is 1. The molecular formula is C14H24N2OS. The molecule has 0 saturated carbocycles. The summed E-state index contributed by atoms with van der Waals surface area (Å²) < 4.78 is 5.78. The first kappa shape index (κ1) is 14.0. The zero-order chi connectivity index (χ0) is 13.1. The largest absolute Gasteiger partial charge is 0.373 e. The normalized spacial score (nSPS) is 25.6. The third-order valence-electron chi connectivity index (χ3n) is 3.31. The third-order valence-corrected chi connectivity index (χ3v) is 4.40. The van der Waals surface area contributed by atoms with Crippen LogP contribution in [0, 0.1) is 6.92 Å². The first-order valence-corrected chi connectivity index (χ1v) is 7.50. The van der Waals surface area contributed by atoms with Gasteiger partial charge >= 0.3 is 0 Å². The van der Waals surface area contributed by atoms with E-state index in [9.17, 15) is 0 Å². The Morgan fingerprint density at radius 3 is 2.67 bits per heavy atom. The van der Waals surface area contributed by atoms with E-state index in [-0.39, 0.29) is 0 Å². The van der Waals surface area contributed by atoms with Crippen LogP contribution in [0.1, 0.15) is 29.2 Å². The predicted molar refractivity (Wildman–Crippen MR) is 77.1 cm³/mol. The van der Waals surface area contributed by atoms with Crippen LogP contribution >= 0.6 is 11.3 Å². The van der Waals surface area contributed by atoms with Crippen molar-refractivity contribution in [2.45, 2.75) is 46.1 Å². The number of thiophene rings is 1. The van der Waals surface area contributed by atoms with Gasteiger partial charge in [-0.15, -0.1) is 11.3 Å². The summed E-state index contributed by atoms with van der Waals surface area (Å²) >= 11 is 1.91. The van der Waals surface area contributed by atoms with Crippen molar-refractivity contribution in [3.8, 4) is 0 Å². The summed E-state index contributed by atoms with van der Waals surface area (Å²) in [6, 6.07) is 2.35. The maximum atomic E-state index is 5.78. The van der Waals surface area contributed by atoms with Gasteiger partial charge in [0.1, 0.15) is 0 Å². The van der Waals surface area contributed by atoms with Crippen LogP contribution in [0.15, 0.2) is 6.07 Å². The number of morpholine rings is 1. The molecule has 2 atom stereocenters. The van der Waals surface area contributed by atoms with Gasteiger partial charge in [-0.3, -0.25) is 4.90 Å². The van der Waals surface area contributed by atoms with Crippen LogP contribution in [-0.2, 0) is 17.8 Å². The topological polar surface area (TPSA) is 24.5 Å². The van der Waals surface area contributed by atoms with Crippen molar-refractivity contribution in [1.29, 1.82) is 0 Å². The van der Waals surface area contributed by atoms with E-state index >= 15 is 0 Å². The Labute approximate surface area is 114 Å². The average Bonchev–Trinajstić information content (AvgIpc) is 2.58. The van der Waals surface area contributed by atoms with Gasteiger partial charge in [0.15, 0.2) is 0 Å². The van der Waals surface area contributed by atoms with E-state index in [4.69, 9.17) is 4.74 Å². The molecule has 0 spiro atoms. The minimum atomic E-state index is 0.351. The zero-order valence-corrected chi connectivity index (χ0v) is 12.6. The molecule has 2 unspecified atom stereocenters. The summed E-state index contributed by atoms with van der Waals surface area (Å²) in [5.41, 5.74) is 1.48. The highest BCUT2D eigenvalue weighted by atomic mass is 32.1. The van der Waals surface area contributed by atoms with Crippen molar-refractivity contribution in [2.75, 3.05) is 20.1 Å². The summed E-state index contributed by atoms with van der Waals surface area (Å²) in [6.45, 7) is 10.7. The SMILES string of the molecule is CNCc1cc(CN2CC(C)OC(C)C2)c(C)s1. The smallest absolute Gasteiger partial charge is 0.0678 e. The Balaban J connectivity index is 1.99. The van der Waals surface area contributed by atoms with E-state index in [1.165, 1.54) is 15.3 Å². The quantitative estimate of drug-likeness (QED) is 0.907. The van der Waals surface area contributed by atoms with Crippen LogP contribution in [0.3, 0.4) is 0 Å². The Morgan fingerprint density at radius 2 is 2.06 bits per heavy atom. The molecule has 102 valence electrons. The van der Waals surface area contributed by atoms with Gasteiger partial charge in [0.25, 0.3) is 0 Å². The minimum Gasteiger partial charge on any atom is -0.373 e. The fourth-order valence-electron chi connectivity index (χ4n) is 2.66. The van der Waals surface area contributed by atoms with Gasteiger partial charge in [0, 0.05) is 35.9 Å². The lowest BCUT2D eigenvalue weighted by Crippen LogP contribution is -2.44. The van der Waals surface area contributed by atoms with Crippen molar-refractivity contribution in [3.63, 3.8) is 0 Å². The van der Waals surface area contributed by atoms with Crippen LogP contribution < -0.4 is 5.32 Å². The summed E-state index contributed by atoms with van der Waals surface area (Å²) in [7, 11) is 2.00. The Morgan fingerprint density at radius 1 is 1.39 bits per heavy atom. The molecule has 1 aromatic rings. The highest BCUT2D eigenvalue weighted by Gasteiger charge is 2.22. The van der Waals surface area contributed by atoms with Crippen molar-refractivity contribution in [1.82, 2.24) is 10.2 Å². The van der Waals surface area contributed by atoms with Gasteiger partial charge in [-0.05, 0) is 39.4 Å². The molecule has 2 rings (SSSR count). The van der Waals surface area contributed by atoms with Crippen LogP contribution in [-0.4, -0.2) is 37.2 Å². The molecule has 4 heteroatoms. The molecule has 1 fully saturated rings. The second-order valence-electron chi connectivity index (χ2n) is 5.28. The third kappa shape index (κ3) is 3.54. The highest BCUT2D eigenvalue weighted by molar-refractivity contribution is 7.12. The summed E-state index contributed by atoms with van der Waals surface area (Å²) in [5, 5.41) is 3.22. The van der Waals surface area contributed by atoms with Crippen molar-refractivity contribution in [2.24, 2.45) is 0 Å². The first-order chi connectivity index (χ1) is 8.58. The number of hydrogen-bond donors (Lipinski definition) is 1. The molecule has 0 aromatic carbocycles. The summed E-state index contributed by atoms with van der Waals surface area (Å²) in [4.78, 5) is 5.39. The summed E-state index contributed by atoms with van der Waals surface area (Å²) in [5.74, 6) is 0. The van der Waals surface area contributed by atoms with Crippen molar-refractivity contribution >= 4 is 11.3 Å². The monoisotopic (exact) mass is 268 g/mol. The average molecular weight is 268 g/mol. The van der Waals surface area contributed by atoms with Gasteiger partial charge in [0.05, 0.1) is 12.2 Å². The van der Waals surface area contributed by atoms with Gasteiger partial charge in [-0.2, -0.15) is 0 Å². The lowest BCUT2D eigenvalue weighted by atomic mass is 10.2. The number of hydrogen-bond acceptors (Lipinski definition) is 4. The van der Waals surface area contributed by atoms with E-state index in [0.717, 1.165) is 26.2 Å². The molecule has 18 heavy (non-hydrogen) atoms. The van der Waals surface area contributed by atoms with E-state index in [1.54, 1.807) is 0 Å². The van der Waals surface area contributed by atoms with Crippen LogP contribution in [0.5, 0.6) is 0 Å². The number of aryl methyl sites for hydroxylation is 1. The van der Waals surface area contributed by atoms with Gasteiger partial charge in [0.2, 0.25) is 0 Å². The predicted octanol–water partition coefficient (Wildman–Crippen LogP) is 2.39. The van der Waals surface area contributed by atoms with Crippen LogP contribution in [0.2, 0.25) is 0 Å². The fourth-order valence-corrected chi connectivity index (χ4v) is 3.73. The molecule has 0 radical (unpaired) electrons. The van der Waals surface area contributed by atoms with Gasteiger partial charge < -0.3 is 10.1 Å². The summed E-state index contributed by atoms with van der Waals surface area (Å²) in [6.07, 6.45) is 0.703. The Hall–Kier alpha value is -0.420. The van der Waals surface area contributed by atoms with Crippen LogP contribution in [0.4, 0.5) is 0 Å². The molecule has 3 nitrogen and oxygen atoms in total. The molecule has 1 N–H and O–H groups in total. The zero-order valence-electron chi connectivity index (χ0n) is 11.8. The molecular weight excluding hydrogens is 244 g/mol. The Bertz CT molecular complexity index is 381. The molecule has 1 saturated heterocycles. The van der Waals surface area contributed by atoms with E-state index in [2.05, 4.69) is 37.1 Å². The molecule has 2 heterocycles. The van der Waals surface area contributed by atoms with Crippen LogP contribution in [0.25, 0.3) is 0 Å². The lowest BCUT2D eigenvalue weighted by molar-refractivity contribution is -0.0705. The second kappa shape index (κ2) is 6.15. The molecule has 1 aliphatic rings. The molecule has 0 aliphatic carbocycles. The maximum absolute atomic E-state index is 5.78. The number of nitrogens with one attached hydrogen (secondary N) is 1. The number of rotatable bonds is 4. The highest BCUT2D eigenvalue weighted by Crippen LogP contribution is 2.24. The minimum absolute atomic E-state index is 0.351. The second-order valence-corrected chi connectivity index (χ2v) is 6.62. The van der Waals surface area contributed by atoms with E-state index in [0.29, 0.717) is 12.2 Å². The van der Waals surface area contributed by atoms with Crippen molar-refractivity contribution < 1.29 is 4.74 Å². The van der Waals surface area contributed by atoms with Crippen molar-refractivity contribution in [3.05, 3.63) is 21.4 Å². The first-order valence-electron chi connectivity index (χ1n) is 6.69. The number of ether oxygens (including phenoxy) is 1.